The van der Waals surface area contributed by atoms with Gasteiger partial charge in [-0.05, 0) is 186 Å². The summed E-state index contributed by atoms with van der Waals surface area (Å²) >= 11 is 0. The van der Waals surface area contributed by atoms with Gasteiger partial charge in [0, 0.05) is 44.4 Å². The standard InChI is InChI=1S/C92H72N6/c1-89(2)68-26-10-18-34-76(68)95(77-35-19-11-27-69(77)89)63-50-42-59(43-51-63)84-67(58-93)88(94-9)87(62-48-56-66(57-49-62)98-82-40-24-16-32-74(82)92(7,8)75-33-17-25-41-83(75)98)86(61-46-54-65(55-47-61)97-80-38-22-14-30-72(80)91(5,6)73-31-15-23-39-81(73)97)85(84)60-44-52-64(53-45-60)96-78-36-20-12-28-70(78)90(3,4)71-29-13-21-37-79(71)96/h10-57H,1-8H3. The Bertz CT molecular complexity index is 4940. The number of fused-ring (bicyclic) bond motifs is 8. The maximum absolute atomic E-state index is 12.2. The molecule has 0 radical (unpaired) electrons. The Kier molecular flexibility index (Phi) is 13.6. The molecule has 0 N–H and O–H groups in total. The van der Waals surface area contributed by atoms with Crippen LogP contribution in [0.15, 0.2) is 291 Å². The van der Waals surface area contributed by atoms with E-state index in [2.05, 4.69) is 377 Å². The van der Waals surface area contributed by atoms with Gasteiger partial charge in [-0.1, -0.05) is 250 Å². The van der Waals surface area contributed by atoms with Crippen molar-refractivity contribution in [1.29, 1.82) is 5.26 Å². The van der Waals surface area contributed by atoms with Gasteiger partial charge >= 0.3 is 0 Å². The van der Waals surface area contributed by atoms with Gasteiger partial charge in [-0.15, -0.1) is 0 Å². The van der Waals surface area contributed by atoms with Crippen molar-refractivity contribution in [3.8, 4) is 50.6 Å². The summed E-state index contributed by atoms with van der Waals surface area (Å²) in [5.74, 6) is 0. The molecule has 4 aliphatic heterocycles. The van der Waals surface area contributed by atoms with Crippen molar-refractivity contribution in [3.05, 3.63) is 353 Å². The van der Waals surface area contributed by atoms with E-state index in [1.807, 2.05) is 0 Å². The van der Waals surface area contributed by atoms with E-state index >= 15 is 0 Å². The second-order valence-electron chi connectivity index (χ2n) is 28.6. The van der Waals surface area contributed by atoms with E-state index in [4.69, 9.17) is 0 Å². The molecule has 0 aromatic heterocycles. The van der Waals surface area contributed by atoms with Crippen LogP contribution in [-0.4, -0.2) is 0 Å². The predicted octanol–water partition coefficient (Wildman–Crippen LogP) is 25.2. The molecule has 98 heavy (non-hydrogen) atoms. The SMILES string of the molecule is [C-]#[N+]c1c(C#N)c(-c2ccc(N3c4ccccc4C(C)(C)c4ccccc43)cc2)c(-c2ccc(N3c4ccccc4C(C)(C)c4ccccc43)cc2)c(-c2ccc(N3c4ccccc4C(C)(C)c4ccccc43)cc2)c1-c1ccc(N2c3ccccc3C(C)(C)c3ccccc32)cc1. The molecule has 17 rings (SSSR count). The fourth-order valence-corrected chi connectivity index (χ4v) is 17.0. The van der Waals surface area contributed by atoms with Crippen LogP contribution in [0.1, 0.15) is 105 Å². The van der Waals surface area contributed by atoms with E-state index in [9.17, 15) is 11.8 Å². The number of hydrogen-bond acceptors (Lipinski definition) is 5. The molecule has 4 heterocycles. The summed E-state index contributed by atoms with van der Waals surface area (Å²) in [6.45, 7) is 28.0. The number of para-hydroxylation sites is 8. The molecule has 0 spiro atoms. The Balaban J connectivity index is 0.918. The van der Waals surface area contributed by atoms with Crippen molar-refractivity contribution in [1.82, 2.24) is 0 Å². The smallest absolute Gasteiger partial charge is 0.213 e. The van der Waals surface area contributed by atoms with Gasteiger partial charge in [-0.2, -0.15) is 5.26 Å². The molecule has 6 nitrogen and oxygen atoms in total. The number of nitrogens with zero attached hydrogens (tertiary/aromatic N) is 6. The van der Waals surface area contributed by atoms with Gasteiger partial charge in [-0.25, -0.2) is 4.85 Å². The first-order chi connectivity index (χ1) is 47.6. The lowest BCUT2D eigenvalue weighted by Crippen LogP contribution is -2.30. The highest BCUT2D eigenvalue weighted by molar-refractivity contribution is 6.10. The zero-order valence-electron chi connectivity index (χ0n) is 56.4. The Morgan fingerprint density at radius 2 is 0.439 bits per heavy atom. The van der Waals surface area contributed by atoms with Crippen LogP contribution in [0.3, 0.4) is 0 Å². The van der Waals surface area contributed by atoms with Gasteiger partial charge < -0.3 is 19.6 Å². The first kappa shape index (κ1) is 59.8. The van der Waals surface area contributed by atoms with Crippen molar-refractivity contribution in [2.24, 2.45) is 0 Å². The molecule has 13 aromatic carbocycles. The second kappa shape index (κ2) is 22.3. The van der Waals surface area contributed by atoms with Crippen molar-refractivity contribution >= 4 is 73.9 Å². The fourth-order valence-electron chi connectivity index (χ4n) is 17.0. The van der Waals surface area contributed by atoms with Crippen LogP contribution in [0.2, 0.25) is 0 Å². The first-order valence-corrected chi connectivity index (χ1v) is 34.0. The quantitative estimate of drug-likeness (QED) is 0.142. The van der Waals surface area contributed by atoms with Crippen LogP contribution in [0.5, 0.6) is 0 Å². The summed E-state index contributed by atoms with van der Waals surface area (Å²) in [6.07, 6.45) is 0. The predicted molar refractivity (Wildman–Crippen MR) is 406 cm³/mol. The zero-order valence-corrected chi connectivity index (χ0v) is 56.4. The van der Waals surface area contributed by atoms with Crippen LogP contribution < -0.4 is 19.6 Å². The molecular formula is C92H72N6. The Labute approximate surface area is 575 Å². The maximum Gasteiger partial charge on any atom is 0.213 e. The average molecular weight is 1260 g/mol. The minimum atomic E-state index is -0.236. The van der Waals surface area contributed by atoms with Gasteiger partial charge in [0.2, 0.25) is 5.69 Å². The minimum Gasteiger partial charge on any atom is -0.310 e. The van der Waals surface area contributed by atoms with Crippen LogP contribution in [0.4, 0.5) is 73.9 Å². The summed E-state index contributed by atoms with van der Waals surface area (Å²) in [5.41, 5.74) is 29.2. The van der Waals surface area contributed by atoms with Crippen molar-refractivity contribution in [2.45, 2.75) is 77.0 Å². The highest BCUT2D eigenvalue weighted by atomic mass is 15.2. The Morgan fingerprint density at radius 3 is 0.643 bits per heavy atom. The minimum absolute atomic E-state index is 0.235. The topological polar surface area (TPSA) is 41.1 Å². The third-order valence-electron chi connectivity index (χ3n) is 21.9. The van der Waals surface area contributed by atoms with Gasteiger partial charge in [0.05, 0.1) is 63.7 Å². The average Bonchev–Trinajstić information content (AvgIpc) is 0.753. The normalized spacial score (nSPS) is 15.2. The third kappa shape index (κ3) is 8.84. The number of nitriles is 1. The van der Waals surface area contributed by atoms with Gasteiger partial charge in [0.15, 0.2) is 0 Å². The van der Waals surface area contributed by atoms with Crippen molar-refractivity contribution < 1.29 is 0 Å². The number of hydrogen-bond donors (Lipinski definition) is 0. The highest BCUT2D eigenvalue weighted by Gasteiger charge is 2.41. The molecule has 6 heteroatoms. The lowest BCUT2D eigenvalue weighted by molar-refractivity contribution is 0.632. The molecule has 4 aliphatic rings. The lowest BCUT2D eigenvalue weighted by Gasteiger charge is -2.42. The molecule has 0 bridgehead atoms. The highest BCUT2D eigenvalue weighted by Crippen LogP contribution is 2.59. The summed E-state index contributed by atoms with van der Waals surface area (Å²) in [5, 5.41) is 12.2. The molecule has 0 saturated heterocycles. The van der Waals surface area contributed by atoms with Crippen molar-refractivity contribution in [3.63, 3.8) is 0 Å². The molecule has 13 aromatic rings. The summed E-state index contributed by atoms with van der Waals surface area (Å²) in [6, 6.07) is 108. The first-order valence-electron chi connectivity index (χ1n) is 34.0. The number of benzene rings is 13. The molecule has 0 aliphatic carbocycles. The third-order valence-corrected chi connectivity index (χ3v) is 21.9. The van der Waals surface area contributed by atoms with Crippen molar-refractivity contribution in [2.75, 3.05) is 19.6 Å². The Morgan fingerprint density at radius 1 is 0.255 bits per heavy atom. The van der Waals surface area contributed by atoms with Crippen LogP contribution in [-0.2, 0) is 21.7 Å². The van der Waals surface area contributed by atoms with E-state index in [1.165, 1.54) is 44.5 Å². The zero-order chi connectivity index (χ0) is 67.0. The van der Waals surface area contributed by atoms with E-state index < -0.39 is 0 Å². The molecule has 0 amide bonds. The largest absolute Gasteiger partial charge is 0.310 e. The number of rotatable bonds is 8. The van der Waals surface area contributed by atoms with Gasteiger partial charge in [-0.3, -0.25) is 0 Å². The van der Waals surface area contributed by atoms with Gasteiger partial charge in [0.1, 0.15) is 0 Å². The van der Waals surface area contributed by atoms with Crippen LogP contribution in [0, 0.1) is 17.9 Å². The van der Waals surface area contributed by atoms with Crippen LogP contribution in [0.25, 0.3) is 49.4 Å². The van der Waals surface area contributed by atoms with Crippen LogP contribution >= 0.6 is 0 Å². The second-order valence-corrected chi connectivity index (χ2v) is 28.6. The van der Waals surface area contributed by atoms with E-state index in [1.54, 1.807) is 0 Å². The molecular weight excluding hydrogens is 1190 g/mol. The lowest BCUT2D eigenvalue weighted by atomic mass is 9.73. The van der Waals surface area contributed by atoms with E-state index in [-0.39, 0.29) is 21.7 Å². The summed E-state index contributed by atoms with van der Waals surface area (Å²) in [7, 11) is 0. The molecule has 470 valence electrons. The molecule has 0 unspecified atom stereocenters. The fraction of sp³-hybridized carbons (Fsp3) is 0.130. The molecule has 0 atom stereocenters. The molecule has 0 fully saturated rings. The summed E-state index contributed by atoms with van der Waals surface area (Å²) in [4.78, 5) is 14.1. The Hall–Kier alpha value is -12.0. The summed E-state index contributed by atoms with van der Waals surface area (Å²) < 4.78 is 0. The monoisotopic (exact) mass is 1260 g/mol. The van der Waals surface area contributed by atoms with E-state index in [0.29, 0.717) is 22.4 Å². The van der Waals surface area contributed by atoms with Gasteiger partial charge in [0.25, 0.3) is 0 Å². The van der Waals surface area contributed by atoms with E-state index in [0.717, 1.165) is 102 Å². The maximum atomic E-state index is 12.2. The number of anilines is 12. The molecule has 0 saturated carbocycles.